The molecule has 0 fully saturated rings. The van der Waals surface area contributed by atoms with Crippen molar-refractivity contribution < 1.29 is 9.18 Å². The van der Waals surface area contributed by atoms with Gasteiger partial charge in [-0.05, 0) is 21.8 Å². The van der Waals surface area contributed by atoms with Gasteiger partial charge in [0.25, 0.3) is 0 Å². The average Bonchev–Trinajstić information content (AvgIpc) is 2.36. The van der Waals surface area contributed by atoms with Gasteiger partial charge >= 0.3 is 0 Å². The minimum atomic E-state index is -0.339. The molecule has 0 saturated heterocycles. The second-order valence-corrected chi connectivity index (χ2v) is 6.40. The molecule has 2 aliphatic heterocycles. The quantitative estimate of drug-likeness (QED) is 0.729. The molecule has 0 aliphatic carbocycles. The second kappa shape index (κ2) is 5.64. The minimum Gasteiger partial charge on any atom is -0.316 e. The van der Waals surface area contributed by atoms with Crippen LogP contribution >= 0.6 is 15.9 Å². The van der Waals surface area contributed by atoms with E-state index in [1.807, 2.05) is 32.6 Å². The summed E-state index contributed by atoms with van der Waals surface area (Å²) >= 11 is 3.33. The maximum Gasteiger partial charge on any atom is 0.165 e. The van der Waals surface area contributed by atoms with Crippen molar-refractivity contribution in [1.82, 2.24) is 4.90 Å². The van der Waals surface area contributed by atoms with E-state index in [1.165, 1.54) is 12.2 Å². The summed E-state index contributed by atoms with van der Waals surface area (Å²) < 4.78 is 14.1. The maximum atomic E-state index is 13.5. The van der Waals surface area contributed by atoms with Crippen molar-refractivity contribution in [2.75, 3.05) is 6.54 Å². The SMILES string of the molecule is CC(C)C(=O)C1=C(C(C)C)N=C2C=C(F)C=C(Br)N2C1. The first kappa shape index (κ1) is 15.2. The molecule has 0 amide bonds. The Kier molecular flexibility index (Phi) is 4.28. The Morgan fingerprint density at radius 3 is 2.55 bits per heavy atom. The average molecular weight is 341 g/mol. The minimum absolute atomic E-state index is 0.0738. The summed E-state index contributed by atoms with van der Waals surface area (Å²) in [4.78, 5) is 18.7. The molecule has 0 spiro atoms. The lowest BCUT2D eigenvalue weighted by Gasteiger charge is -2.33. The van der Waals surface area contributed by atoms with E-state index in [0.29, 0.717) is 17.0 Å². The molecule has 2 aliphatic rings. The lowest BCUT2D eigenvalue weighted by atomic mass is 9.93. The molecule has 5 heteroatoms. The van der Waals surface area contributed by atoms with Crippen molar-refractivity contribution in [3.63, 3.8) is 0 Å². The van der Waals surface area contributed by atoms with Gasteiger partial charge in [-0.1, -0.05) is 27.7 Å². The fourth-order valence-corrected chi connectivity index (χ4v) is 2.78. The topological polar surface area (TPSA) is 32.7 Å². The van der Waals surface area contributed by atoms with Gasteiger partial charge in [-0.15, -0.1) is 0 Å². The lowest BCUT2D eigenvalue weighted by Crippen LogP contribution is -2.37. The van der Waals surface area contributed by atoms with Gasteiger partial charge in [0.2, 0.25) is 0 Å². The van der Waals surface area contributed by atoms with Gasteiger partial charge in [0.1, 0.15) is 11.7 Å². The van der Waals surface area contributed by atoms with Gasteiger partial charge in [-0.25, -0.2) is 9.38 Å². The number of halogens is 2. The third-order valence-electron chi connectivity index (χ3n) is 3.29. The van der Waals surface area contributed by atoms with Gasteiger partial charge in [0.15, 0.2) is 5.78 Å². The number of hydrogen-bond acceptors (Lipinski definition) is 3. The molecule has 0 N–H and O–H groups in total. The number of allylic oxidation sites excluding steroid dienone is 3. The van der Waals surface area contributed by atoms with Crippen LogP contribution in [-0.4, -0.2) is 23.1 Å². The van der Waals surface area contributed by atoms with Crippen LogP contribution in [0.5, 0.6) is 0 Å². The van der Waals surface area contributed by atoms with E-state index in [9.17, 15) is 9.18 Å². The highest BCUT2D eigenvalue weighted by atomic mass is 79.9. The Labute approximate surface area is 127 Å². The van der Waals surface area contributed by atoms with Crippen LogP contribution in [0, 0.1) is 11.8 Å². The van der Waals surface area contributed by atoms with Gasteiger partial charge in [-0.2, -0.15) is 0 Å². The Hall–Kier alpha value is -1.23. The lowest BCUT2D eigenvalue weighted by molar-refractivity contribution is -0.118. The molecule has 2 heterocycles. The summed E-state index contributed by atoms with van der Waals surface area (Å²) in [5.41, 5.74) is 1.49. The van der Waals surface area contributed by atoms with E-state index in [0.717, 1.165) is 11.3 Å². The second-order valence-electron chi connectivity index (χ2n) is 5.59. The van der Waals surface area contributed by atoms with Crippen LogP contribution in [0.15, 0.2) is 38.8 Å². The highest BCUT2D eigenvalue weighted by molar-refractivity contribution is 9.11. The molecule has 2 rings (SSSR count). The highest BCUT2D eigenvalue weighted by Crippen LogP contribution is 2.31. The smallest absolute Gasteiger partial charge is 0.165 e. The van der Waals surface area contributed by atoms with Crippen LogP contribution in [0.4, 0.5) is 4.39 Å². The number of Topliss-reactive ketones (excluding diaryl/α,β-unsaturated/α-hetero) is 1. The number of ketones is 1. The molecule has 0 saturated carbocycles. The number of nitrogens with zero attached hydrogens (tertiary/aromatic N) is 2. The molecule has 3 nitrogen and oxygen atoms in total. The fraction of sp³-hybridized carbons (Fsp3) is 0.467. The number of carbonyl (C=O) groups is 1. The van der Waals surface area contributed by atoms with Crippen molar-refractivity contribution in [2.45, 2.75) is 27.7 Å². The molecular weight excluding hydrogens is 323 g/mol. The van der Waals surface area contributed by atoms with Gasteiger partial charge in [0, 0.05) is 23.6 Å². The van der Waals surface area contributed by atoms with Crippen LogP contribution in [0.25, 0.3) is 0 Å². The third kappa shape index (κ3) is 2.77. The first-order valence-corrected chi connectivity index (χ1v) is 7.48. The number of carbonyl (C=O) groups excluding carboxylic acids is 1. The van der Waals surface area contributed by atoms with E-state index in [1.54, 1.807) is 0 Å². The van der Waals surface area contributed by atoms with Crippen LogP contribution in [0.3, 0.4) is 0 Å². The fourth-order valence-electron chi connectivity index (χ4n) is 2.25. The summed E-state index contributed by atoms with van der Waals surface area (Å²) in [7, 11) is 0. The van der Waals surface area contributed by atoms with Crippen molar-refractivity contribution in [3.8, 4) is 0 Å². The summed E-state index contributed by atoms with van der Waals surface area (Å²) in [5, 5.41) is 0. The Bertz CT molecular complexity index is 570. The number of fused-ring (bicyclic) bond motifs is 1. The van der Waals surface area contributed by atoms with E-state index >= 15 is 0 Å². The number of hydrogen-bond donors (Lipinski definition) is 0. The van der Waals surface area contributed by atoms with Crippen LogP contribution in [0.2, 0.25) is 0 Å². The normalized spacial score (nSPS) is 19.0. The molecule has 0 aromatic rings. The van der Waals surface area contributed by atoms with Gasteiger partial charge < -0.3 is 4.90 Å². The predicted molar refractivity (Wildman–Crippen MR) is 82.1 cm³/mol. The standard InChI is InChI=1S/C15H18BrFN2O/c1-8(2)14-11(15(20)9(3)4)7-19-12(16)5-10(17)6-13(19)18-14/h5-6,8-9H,7H2,1-4H3. The number of aliphatic imine (C=N–C) groups is 1. The van der Waals surface area contributed by atoms with Crippen molar-refractivity contribution in [1.29, 1.82) is 0 Å². The third-order valence-corrected chi connectivity index (χ3v) is 3.94. The Morgan fingerprint density at radius 2 is 2.00 bits per heavy atom. The van der Waals surface area contributed by atoms with E-state index < -0.39 is 0 Å². The van der Waals surface area contributed by atoms with Crippen LogP contribution < -0.4 is 0 Å². The Balaban J connectivity index is 2.51. The monoisotopic (exact) mass is 340 g/mol. The van der Waals surface area contributed by atoms with Crippen LogP contribution in [0.1, 0.15) is 27.7 Å². The first-order valence-electron chi connectivity index (χ1n) is 6.69. The highest BCUT2D eigenvalue weighted by Gasteiger charge is 2.30. The van der Waals surface area contributed by atoms with Crippen molar-refractivity contribution in [3.05, 3.63) is 33.9 Å². The van der Waals surface area contributed by atoms with Crippen molar-refractivity contribution in [2.24, 2.45) is 16.8 Å². The number of rotatable bonds is 3. The molecule has 0 bridgehead atoms. The zero-order valence-electron chi connectivity index (χ0n) is 12.1. The van der Waals surface area contributed by atoms with E-state index in [2.05, 4.69) is 20.9 Å². The van der Waals surface area contributed by atoms with Gasteiger partial charge in [-0.3, -0.25) is 4.79 Å². The molecular formula is C15H18BrFN2O. The molecule has 0 radical (unpaired) electrons. The van der Waals surface area contributed by atoms with E-state index in [4.69, 9.17) is 0 Å². The molecule has 0 aromatic heterocycles. The molecule has 108 valence electrons. The number of amidine groups is 1. The molecule has 0 unspecified atom stereocenters. The zero-order valence-corrected chi connectivity index (χ0v) is 13.7. The summed E-state index contributed by atoms with van der Waals surface area (Å²) in [6, 6.07) is 0. The van der Waals surface area contributed by atoms with Crippen molar-refractivity contribution >= 4 is 27.5 Å². The molecule has 0 aromatic carbocycles. The van der Waals surface area contributed by atoms with E-state index in [-0.39, 0.29) is 23.4 Å². The van der Waals surface area contributed by atoms with Gasteiger partial charge in [0.05, 0.1) is 16.8 Å². The largest absolute Gasteiger partial charge is 0.316 e. The zero-order chi connectivity index (χ0) is 15.0. The van der Waals surface area contributed by atoms with Crippen LogP contribution in [-0.2, 0) is 4.79 Å². The first-order chi connectivity index (χ1) is 9.31. The molecule has 20 heavy (non-hydrogen) atoms. The maximum absolute atomic E-state index is 13.5. The summed E-state index contributed by atoms with van der Waals surface area (Å²) in [6.45, 7) is 8.19. The summed E-state index contributed by atoms with van der Waals surface area (Å²) in [6.07, 6.45) is 2.78. The molecule has 0 atom stereocenters. The predicted octanol–water partition coefficient (Wildman–Crippen LogP) is 3.94. The summed E-state index contributed by atoms with van der Waals surface area (Å²) in [5.74, 6) is 0.361. The Morgan fingerprint density at radius 1 is 1.35 bits per heavy atom.